The van der Waals surface area contributed by atoms with Crippen molar-refractivity contribution in [1.29, 1.82) is 0 Å². The Kier molecular flexibility index (Phi) is 6.75. The maximum atomic E-state index is 12.4. The third-order valence-electron chi connectivity index (χ3n) is 4.00. The Balaban J connectivity index is 1.71. The number of ether oxygens (including phenoxy) is 2. The van der Waals surface area contributed by atoms with Gasteiger partial charge in [-0.3, -0.25) is 5.43 Å². The van der Waals surface area contributed by atoms with Gasteiger partial charge in [-0.25, -0.2) is 4.79 Å². The Morgan fingerprint density at radius 3 is 2.45 bits per heavy atom. The molecule has 5 nitrogen and oxygen atoms in total. The van der Waals surface area contributed by atoms with Crippen LogP contribution in [0.2, 0.25) is 10.0 Å². The van der Waals surface area contributed by atoms with Crippen molar-refractivity contribution >= 4 is 41.1 Å². The van der Waals surface area contributed by atoms with Crippen molar-refractivity contribution in [2.24, 2.45) is 5.10 Å². The van der Waals surface area contributed by atoms with E-state index in [0.717, 1.165) is 11.3 Å². The van der Waals surface area contributed by atoms with Crippen molar-refractivity contribution in [2.45, 2.75) is 6.92 Å². The lowest BCUT2D eigenvalue weighted by Crippen LogP contribution is -2.10. The van der Waals surface area contributed by atoms with E-state index >= 15 is 0 Å². The number of aryl methyl sites for hydroxylation is 1. The van der Waals surface area contributed by atoms with Crippen molar-refractivity contribution in [3.8, 4) is 11.5 Å². The molecule has 1 N–H and O–H groups in total. The molecule has 0 saturated carbocycles. The molecule has 0 aliphatic carbocycles. The van der Waals surface area contributed by atoms with Gasteiger partial charge in [-0.15, -0.1) is 0 Å². The highest BCUT2D eigenvalue weighted by molar-refractivity contribution is 6.36. The summed E-state index contributed by atoms with van der Waals surface area (Å²) in [5.74, 6) is 0.0577. The fraction of sp³-hybridized carbons (Fsp3) is 0.0909. The van der Waals surface area contributed by atoms with Crippen LogP contribution in [0.4, 0.5) is 5.69 Å². The molecular formula is C22H18Cl2N2O3. The normalized spacial score (nSPS) is 10.8. The van der Waals surface area contributed by atoms with Crippen LogP contribution in [0.3, 0.4) is 0 Å². The number of hydrogen-bond donors (Lipinski definition) is 1. The van der Waals surface area contributed by atoms with Crippen LogP contribution in [0.5, 0.6) is 11.5 Å². The first kappa shape index (κ1) is 20.7. The van der Waals surface area contributed by atoms with Gasteiger partial charge in [0.05, 0.1) is 29.6 Å². The molecule has 0 radical (unpaired) electrons. The van der Waals surface area contributed by atoms with Crippen LogP contribution in [-0.2, 0) is 0 Å². The lowest BCUT2D eigenvalue weighted by molar-refractivity contribution is 0.0730. The number of hydrazone groups is 1. The van der Waals surface area contributed by atoms with Crippen LogP contribution >= 0.6 is 23.2 Å². The van der Waals surface area contributed by atoms with Gasteiger partial charge >= 0.3 is 5.97 Å². The number of nitrogens with one attached hydrogen (secondary N) is 1. The van der Waals surface area contributed by atoms with E-state index in [2.05, 4.69) is 10.5 Å². The van der Waals surface area contributed by atoms with Gasteiger partial charge in [0.2, 0.25) is 0 Å². The minimum Gasteiger partial charge on any atom is -0.493 e. The van der Waals surface area contributed by atoms with Gasteiger partial charge < -0.3 is 9.47 Å². The average molecular weight is 429 g/mol. The van der Waals surface area contributed by atoms with Crippen LogP contribution in [0.15, 0.2) is 65.8 Å². The van der Waals surface area contributed by atoms with Gasteiger partial charge in [-0.1, -0.05) is 40.9 Å². The molecule has 7 heteroatoms. The van der Waals surface area contributed by atoms with Gasteiger partial charge in [-0.2, -0.15) is 5.10 Å². The molecule has 0 aliphatic heterocycles. The summed E-state index contributed by atoms with van der Waals surface area (Å²) in [6, 6.07) is 17.6. The largest absolute Gasteiger partial charge is 0.493 e. The number of anilines is 1. The second-order valence-corrected chi connectivity index (χ2v) is 7.00. The van der Waals surface area contributed by atoms with Gasteiger partial charge in [0.15, 0.2) is 11.5 Å². The maximum absolute atomic E-state index is 12.4. The molecule has 0 fully saturated rings. The highest BCUT2D eigenvalue weighted by Crippen LogP contribution is 2.30. The van der Waals surface area contributed by atoms with Gasteiger partial charge in [-0.05, 0) is 61.0 Å². The highest BCUT2D eigenvalue weighted by Gasteiger charge is 2.16. The lowest BCUT2D eigenvalue weighted by atomic mass is 10.2. The van der Waals surface area contributed by atoms with Crippen molar-refractivity contribution in [3.63, 3.8) is 0 Å². The number of benzene rings is 3. The maximum Gasteiger partial charge on any atom is 0.345 e. The quantitative estimate of drug-likeness (QED) is 0.227. The smallest absolute Gasteiger partial charge is 0.345 e. The van der Waals surface area contributed by atoms with E-state index in [4.69, 9.17) is 32.7 Å². The van der Waals surface area contributed by atoms with Gasteiger partial charge in [0.25, 0.3) is 0 Å². The van der Waals surface area contributed by atoms with Gasteiger partial charge in [0, 0.05) is 5.02 Å². The number of esters is 1. The fourth-order valence-corrected chi connectivity index (χ4v) is 2.95. The van der Waals surface area contributed by atoms with E-state index < -0.39 is 5.97 Å². The first-order chi connectivity index (χ1) is 14.0. The van der Waals surface area contributed by atoms with Crippen LogP contribution < -0.4 is 14.9 Å². The van der Waals surface area contributed by atoms with Gasteiger partial charge in [0.1, 0.15) is 0 Å². The van der Waals surface area contributed by atoms with Crippen LogP contribution in [0.25, 0.3) is 0 Å². The minimum absolute atomic E-state index is 0.214. The first-order valence-electron chi connectivity index (χ1n) is 8.67. The van der Waals surface area contributed by atoms with E-state index in [1.807, 2.05) is 31.2 Å². The summed E-state index contributed by atoms with van der Waals surface area (Å²) in [6.45, 7) is 2.02. The number of carbonyl (C=O) groups is 1. The Morgan fingerprint density at radius 2 is 1.76 bits per heavy atom. The molecule has 3 aromatic carbocycles. The zero-order valence-corrected chi connectivity index (χ0v) is 17.3. The number of hydrogen-bond acceptors (Lipinski definition) is 5. The monoisotopic (exact) mass is 428 g/mol. The molecule has 0 saturated heterocycles. The molecule has 0 atom stereocenters. The highest BCUT2D eigenvalue weighted by atomic mass is 35.5. The Bertz CT molecular complexity index is 1050. The fourth-order valence-electron chi connectivity index (χ4n) is 2.47. The predicted octanol–water partition coefficient (Wildman–Crippen LogP) is 5.98. The summed E-state index contributed by atoms with van der Waals surface area (Å²) < 4.78 is 10.8. The molecular weight excluding hydrogens is 411 g/mol. The summed E-state index contributed by atoms with van der Waals surface area (Å²) in [6.07, 6.45) is 1.64. The summed E-state index contributed by atoms with van der Waals surface area (Å²) in [5, 5.41) is 4.86. The summed E-state index contributed by atoms with van der Waals surface area (Å²) in [7, 11) is 1.49. The average Bonchev–Trinajstić information content (AvgIpc) is 2.70. The molecule has 3 rings (SSSR count). The number of halogens is 2. The predicted molar refractivity (Wildman–Crippen MR) is 117 cm³/mol. The van der Waals surface area contributed by atoms with E-state index in [1.54, 1.807) is 30.5 Å². The Morgan fingerprint density at radius 1 is 1.00 bits per heavy atom. The molecule has 0 aromatic heterocycles. The molecule has 0 aliphatic rings. The molecule has 148 valence electrons. The summed E-state index contributed by atoms with van der Waals surface area (Å²) in [4.78, 5) is 12.4. The number of rotatable bonds is 6. The zero-order valence-electron chi connectivity index (χ0n) is 15.8. The number of carbonyl (C=O) groups excluding carboxylic acids is 1. The van der Waals surface area contributed by atoms with Crippen molar-refractivity contribution < 1.29 is 14.3 Å². The van der Waals surface area contributed by atoms with E-state index in [1.165, 1.54) is 24.8 Å². The molecule has 0 heterocycles. The third-order valence-corrected chi connectivity index (χ3v) is 4.55. The van der Waals surface area contributed by atoms with Crippen LogP contribution in [-0.4, -0.2) is 19.3 Å². The number of nitrogens with zero attached hydrogens (tertiary/aromatic N) is 1. The third kappa shape index (κ3) is 5.50. The Hall–Kier alpha value is -3.02. The van der Waals surface area contributed by atoms with Crippen molar-refractivity contribution in [1.82, 2.24) is 0 Å². The molecule has 0 amide bonds. The van der Waals surface area contributed by atoms with E-state index in [-0.39, 0.29) is 16.3 Å². The van der Waals surface area contributed by atoms with E-state index in [9.17, 15) is 4.79 Å². The van der Waals surface area contributed by atoms with Crippen LogP contribution in [0.1, 0.15) is 21.5 Å². The van der Waals surface area contributed by atoms with Crippen molar-refractivity contribution in [2.75, 3.05) is 12.5 Å². The summed E-state index contributed by atoms with van der Waals surface area (Å²) in [5.41, 5.74) is 5.99. The lowest BCUT2D eigenvalue weighted by Gasteiger charge is -2.10. The summed E-state index contributed by atoms with van der Waals surface area (Å²) >= 11 is 11.9. The molecule has 3 aromatic rings. The minimum atomic E-state index is -0.604. The first-order valence-corrected chi connectivity index (χ1v) is 9.43. The Labute approximate surface area is 178 Å². The van der Waals surface area contributed by atoms with Crippen LogP contribution in [0, 0.1) is 6.92 Å². The topological polar surface area (TPSA) is 59.9 Å². The molecule has 0 unspecified atom stereocenters. The zero-order chi connectivity index (χ0) is 20.8. The molecule has 0 bridgehead atoms. The van der Waals surface area contributed by atoms with Crippen molar-refractivity contribution in [3.05, 3.63) is 87.4 Å². The SMILES string of the molecule is COc1cc(C=NNc2ccc(C)cc2)ccc1OC(=O)c1ccc(Cl)cc1Cl. The van der Waals surface area contributed by atoms with E-state index in [0.29, 0.717) is 10.8 Å². The molecule has 0 spiro atoms. The number of methoxy groups -OCH3 is 1. The second-order valence-electron chi connectivity index (χ2n) is 6.16. The molecule has 29 heavy (non-hydrogen) atoms. The second kappa shape index (κ2) is 9.45. The standard InChI is InChI=1S/C22H18Cl2N2O3/c1-14-3-7-17(8-4-14)26-25-13-15-5-10-20(21(11-15)28-2)29-22(27)18-9-6-16(23)12-19(18)24/h3-13,26H,1-2H3.